The van der Waals surface area contributed by atoms with E-state index in [1.807, 2.05) is 50.2 Å². The second-order valence-electron chi connectivity index (χ2n) is 6.17. The van der Waals surface area contributed by atoms with Crippen molar-refractivity contribution in [3.8, 4) is 0 Å². The fourth-order valence-corrected chi connectivity index (χ4v) is 3.57. The number of nitrogens with zero attached hydrogens (tertiary/aromatic N) is 2. The summed E-state index contributed by atoms with van der Waals surface area (Å²) in [6.07, 6.45) is 0.348. The number of rotatable bonds is 5. The molecule has 2 aromatic carbocycles. The maximum absolute atomic E-state index is 12.4. The van der Waals surface area contributed by atoms with Gasteiger partial charge in [-0.1, -0.05) is 36.0 Å². The number of hydrogen-bond acceptors (Lipinski definition) is 4. The van der Waals surface area contributed by atoms with Gasteiger partial charge in [-0.25, -0.2) is 4.98 Å². The van der Waals surface area contributed by atoms with Crippen LogP contribution in [-0.4, -0.2) is 21.2 Å². The first-order valence-electron chi connectivity index (χ1n) is 8.42. The maximum Gasteiger partial charge on any atom is 0.261 e. The summed E-state index contributed by atoms with van der Waals surface area (Å²) < 4.78 is 1.54. The highest BCUT2D eigenvalue weighted by Gasteiger charge is 2.10. The molecule has 1 N–H and O–H groups in total. The molecule has 0 atom stereocenters. The van der Waals surface area contributed by atoms with Crippen molar-refractivity contribution in [3.05, 3.63) is 63.9 Å². The van der Waals surface area contributed by atoms with Gasteiger partial charge >= 0.3 is 0 Å². The van der Waals surface area contributed by atoms with Crippen molar-refractivity contribution in [3.63, 3.8) is 0 Å². The predicted octanol–water partition coefficient (Wildman–Crippen LogP) is 3.67. The summed E-state index contributed by atoms with van der Waals surface area (Å²) in [5, 5.41) is 4.17. The zero-order chi connectivity index (χ0) is 18.7. The van der Waals surface area contributed by atoms with Crippen LogP contribution in [0.4, 0.5) is 5.69 Å². The molecule has 0 aliphatic heterocycles. The van der Waals surface area contributed by atoms with E-state index in [1.165, 1.54) is 16.3 Å². The number of nitrogens with one attached hydrogen (secondary N) is 1. The van der Waals surface area contributed by atoms with Crippen LogP contribution in [0.1, 0.15) is 17.5 Å². The molecule has 0 aliphatic rings. The lowest BCUT2D eigenvalue weighted by Crippen LogP contribution is -2.20. The van der Waals surface area contributed by atoms with Gasteiger partial charge in [-0.3, -0.25) is 14.2 Å². The summed E-state index contributed by atoms with van der Waals surface area (Å²) in [4.78, 5) is 29.1. The molecular formula is C20H21N3O2S. The Morgan fingerprint density at radius 2 is 1.92 bits per heavy atom. The van der Waals surface area contributed by atoms with E-state index in [2.05, 4.69) is 10.3 Å². The molecule has 3 rings (SSSR count). The lowest BCUT2D eigenvalue weighted by Gasteiger charge is -2.11. The number of para-hydroxylation sites is 1. The van der Waals surface area contributed by atoms with E-state index in [4.69, 9.17) is 0 Å². The monoisotopic (exact) mass is 367 g/mol. The Labute approximate surface area is 156 Å². The van der Waals surface area contributed by atoms with E-state index in [1.54, 1.807) is 13.1 Å². The lowest BCUT2D eigenvalue weighted by molar-refractivity contribution is -0.115. The van der Waals surface area contributed by atoms with Gasteiger partial charge in [0.15, 0.2) is 5.16 Å². The second-order valence-corrected chi connectivity index (χ2v) is 7.23. The molecule has 0 saturated carbocycles. The standard InChI is InChI=1S/C20H21N3O2S/c1-13-7-6-10-16(14(13)2)21-18(24)11-12-26-20-22-17-9-5-4-8-15(17)19(25)23(20)3/h4-10H,11-12H2,1-3H3,(H,21,24). The Bertz CT molecular complexity index is 1030. The number of aryl methyl sites for hydroxylation is 1. The first-order chi connectivity index (χ1) is 12.5. The van der Waals surface area contributed by atoms with Gasteiger partial charge in [0.25, 0.3) is 5.56 Å². The summed E-state index contributed by atoms with van der Waals surface area (Å²) in [6, 6.07) is 13.2. The number of thioether (sulfide) groups is 1. The molecule has 3 aromatic rings. The highest BCUT2D eigenvalue weighted by molar-refractivity contribution is 7.99. The smallest absolute Gasteiger partial charge is 0.261 e. The minimum Gasteiger partial charge on any atom is -0.326 e. The largest absolute Gasteiger partial charge is 0.326 e. The molecule has 1 amide bonds. The molecule has 0 fully saturated rings. The van der Waals surface area contributed by atoms with Gasteiger partial charge in [0.1, 0.15) is 0 Å². The summed E-state index contributed by atoms with van der Waals surface area (Å²) in [5.74, 6) is 0.506. The van der Waals surface area contributed by atoms with Crippen molar-refractivity contribution in [1.29, 1.82) is 0 Å². The Morgan fingerprint density at radius 1 is 1.15 bits per heavy atom. The van der Waals surface area contributed by atoms with E-state index < -0.39 is 0 Å². The highest BCUT2D eigenvalue weighted by atomic mass is 32.2. The molecule has 0 aliphatic carbocycles. The molecule has 26 heavy (non-hydrogen) atoms. The SMILES string of the molecule is Cc1cccc(NC(=O)CCSc2nc3ccccc3c(=O)n2C)c1C. The quantitative estimate of drug-likeness (QED) is 0.552. The summed E-state index contributed by atoms with van der Waals surface area (Å²) in [5.41, 5.74) is 3.67. The minimum absolute atomic E-state index is 0.0445. The fourth-order valence-electron chi connectivity index (χ4n) is 2.66. The zero-order valence-electron chi connectivity index (χ0n) is 15.1. The molecular weight excluding hydrogens is 346 g/mol. The van der Waals surface area contributed by atoms with Crippen LogP contribution in [0.15, 0.2) is 52.4 Å². The molecule has 0 saturated heterocycles. The second kappa shape index (κ2) is 7.74. The fraction of sp³-hybridized carbons (Fsp3) is 0.250. The van der Waals surface area contributed by atoms with Gasteiger partial charge in [0, 0.05) is 24.9 Å². The average Bonchev–Trinajstić information content (AvgIpc) is 2.63. The van der Waals surface area contributed by atoms with Gasteiger partial charge in [-0.15, -0.1) is 0 Å². The van der Waals surface area contributed by atoms with Crippen LogP contribution >= 0.6 is 11.8 Å². The number of carbonyl (C=O) groups is 1. The third-order valence-electron chi connectivity index (χ3n) is 4.38. The third kappa shape index (κ3) is 3.80. The number of carbonyl (C=O) groups excluding carboxylic acids is 1. The van der Waals surface area contributed by atoms with Crippen LogP contribution in [0.3, 0.4) is 0 Å². The molecule has 134 valence electrons. The summed E-state index contributed by atoms with van der Waals surface area (Å²) in [7, 11) is 1.71. The van der Waals surface area contributed by atoms with Gasteiger partial charge < -0.3 is 5.32 Å². The lowest BCUT2D eigenvalue weighted by atomic mass is 10.1. The third-order valence-corrected chi connectivity index (χ3v) is 5.41. The van der Waals surface area contributed by atoms with Crippen molar-refractivity contribution >= 4 is 34.3 Å². The molecule has 0 unspecified atom stereocenters. The van der Waals surface area contributed by atoms with Crippen LogP contribution in [0.2, 0.25) is 0 Å². The summed E-state index contributed by atoms with van der Waals surface area (Å²) in [6.45, 7) is 4.02. The Kier molecular flexibility index (Phi) is 5.42. The van der Waals surface area contributed by atoms with E-state index in [0.29, 0.717) is 28.2 Å². The van der Waals surface area contributed by atoms with Crippen LogP contribution < -0.4 is 10.9 Å². The van der Waals surface area contributed by atoms with Gasteiger partial charge in [0.2, 0.25) is 5.91 Å². The normalized spacial score (nSPS) is 10.9. The molecule has 0 bridgehead atoms. The van der Waals surface area contributed by atoms with Crippen LogP contribution in [0, 0.1) is 13.8 Å². The first-order valence-corrected chi connectivity index (χ1v) is 9.40. The molecule has 0 spiro atoms. The van der Waals surface area contributed by atoms with E-state index in [-0.39, 0.29) is 11.5 Å². The molecule has 0 radical (unpaired) electrons. The number of hydrogen-bond donors (Lipinski definition) is 1. The zero-order valence-corrected chi connectivity index (χ0v) is 15.9. The van der Waals surface area contributed by atoms with Gasteiger partial charge in [-0.05, 0) is 43.2 Å². The van der Waals surface area contributed by atoms with Crippen molar-refractivity contribution in [2.75, 3.05) is 11.1 Å². The average molecular weight is 367 g/mol. The number of fused-ring (bicyclic) bond motifs is 1. The number of benzene rings is 2. The Balaban J connectivity index is 1.65. The molecule has 6 heteroatoms. The predicted molar refractivity (Wildman–Crippen MR) is 107 cm³/mol. The van der Waals surface area contributed by atoms with Crippen molar-refractivity contribution < 1.29 is 4.79 Å². The molecule has 5 nitrogen and oxygen atoms in total. The van der Waals surface area contributed by atoms with E-state index in [9.17, 15) is 9.59 Å². The van der Waals surface area contributed by atoms with Gasteiger partial charge in [0.05, 0.1) is 10.9 Å². The van der Waals surface area contributed by atoms with Crippen molar-refractivity contribution in [2.45, 2.75) is 25.4 Å². The summed E-state index contributed by atoms with van der Waals surface area (Å²) >= 11 is 1.41. The Hall–Kier alpha value is -2.60. The first kappa shape index (κ1) is 18.2. The minimum atomic E-state index is -0.0714. The van der Waals surface area contributed by atoms with E-state index in [0.717, 1.165) is 16.8 Å². The molecule has 1 heterocycles. The number of anilines is 1. The Morgan fingerprint density at radius 3 is 2.73 bits per heavy atom. The van der Waals surface area contributed by atoms with Crippen LogP contribution in [0.5, 0.6) is 0 Å². The van der Waals surface area contributed by atoms with Crippen molar-refractivity contribution in [1.82, 2.24) is 9.55 Å². The van der Waals surface area contributed by atoms with E-state index >= 15 is 0 Å². The number of amides is 1. The number of aromatic nitrogens is 2. The highest BCUT2D eigenvalue weighted by Crippen LogP contribution is 2.20. The van der Waals surface area contributed by atoms with Crippen molar-refractivity contribution in [2.24, 2.45) is 7.05 Å². The topological polar surface area (TPSA) is 64.0 Å². The molecule has 1 aromatic heterocycles. The van der Waals surface area contributed by atoms with Crippen LogP contribution in [0.25, 0.3) is 10.9 Å². The maximum atomic E-state index is 12.4. The van der Waals surface area contributed by atoms with Crippen LogP contribution in [-0.2, 0) is 11.8 Å². The van der Waals surface area contributed by atoms with Gasteiger partial charge in [-0.2, -0.15) is 0 Å².